The van der Waals surface area contributed by atoms with Crippen molar-refractivity contribution in [2.75, 3.05) is 0 Å². The largest absolute Gasteiger partial charge is 0.0602 e. The Labute approximate surface area is 158 Å². The molecule has 0 aromatic heterocycles. The van der Waals surface area contributed by atoms with Crippen LogP contribution < -0.4 is 0 Å². The van der Waals surface area contributed by atoms with E-state index >= 15 is 0 Å². The molecule has 0 aliphatic rings. The van der Waals surface area contributed by atoms with Crippen molar-refractivity contribution in [3.63, 3.8) is 0 Å². The highest BCUT2D eigenvalue weighted by molar-refractivity contribution is 5.44. The molecule has 1 aromatic carbocycles. The van der Waals surface area contributed by atoms with Crippen LogP contribution in [0, 0.1) is 31.6 Å². The Kier molecular flexibility index (Phi) is 8.23. The van der Waals surface area contributed by atoms with Crippen LogP contribution in [-0.2, 0) is 12.8 Å². The zero-order valence-electron chi connectivity index (χ0n) is 18.7. The van der Waals surface area contributed by atoms with Gasteiger partial charge in [-0.2, -0.15) is 0 Å². The molecule has 0 atom stereocenters. The van der Waals surface area contributed by atoms with E-state index in [9.17, 15) is 0 Å². The molecule has 0 fully saturated rings. The van der Waals surface area contributed by atoms with Crippen LogP contribution in [-0.4, -0.2) is 0 Å². The molecule has 0 amide bonds. The second kappa shape index (κ2) is 9.24. The molecule has 0 aliphatic carbocycles. The van der Waals surface area contributed by atoms with Gasteiger partial charge in [0.05, 0.1) is 0 Å². The minimum atomic E-state index is 0.466. The van der Waals surface area contributed by atoms with E-state index in [0.29, 0.717) is 10.8 Å². The molecule has 0 heterocycles. The molecule has 0 heteroatoms. The highest BCUT2D eigenvalue weighted by Gasteiger charge is 2.14. The Morgan fingerprint density at radius 3 is 1.60 bits per heavy atom. The van der Waals surface area contributed by atoms with Gasteiger partial charge in [0.25, 0.3) is 0 Å². The Morgan fingerprint density at radius 2 is 1.12 bits per heavy atom. The van der Waals surface area contributed by atoms with Crippen LogP contribution in [0.25, 0.3) is 0 Å². The summed E-state index contributed by atoms with van der Waals surface area (Å²) >= 11 is 0. The SMILES string of the molecule is Cc1cc(CCCCC(C)(C)C)c(CCCCC(C)(C)C)c(C)c1C. The van der Waals surface area contributed by atoms with E-state index in [4.69, 9.17) is 0 Å². The molecule has 0 saturated carbocycles. The van der Waals surface area contributed by atoms with E-state index in [1.54, 1.807) is 16.7 Å². The average molecular weight is 345 g/mol. The molecule has 0 bridgehead atoms. The van der Waals surface area contributed by atoms with Gasteiger partial charge < -0.3 is 0 Å². The molecule has 25 heavy (non-hydrogen) atoms. The molecule has 0 unspecified atom stereocenters. The predicted octanol–water partition coefficient (Wildman–Crippen LogP) is 8.13. The normalized spacial score (nSPS) is 12.7. The fourth-order valence-corrected chi connectivity index (χ4v) is 3.72. The van der Waals surface area contributed by atoms with Crippen molar-refractivity contribution in [2.45, 2.75) is 114 Å². The maximum Gasteiger partial charge on any atom is -0.0273 e. The van der Waals surface area contributed by atoms with Crippen molar-refractivity contribution in [3.05, 3.63) is 33.9 Å². The molecule has 0 nitrogen and oxygen atoms in total. The minimum Gasteiger partial charge on any atom is -0.0602 e. The van der Waals surface area contributed by atoms with E-state index in [1.807, 2.05) is 0 Å². The van der Waals surface area contributed by atoms with Crippen LogP contribution in [0.15, 0.2) is 6.07 Å². The fourth-order valence-electron chi connectivity index (χ4n) is 3.72. The number of hydrogen-bond donors (Lipinski definition) is 0. The second-order valence-electron chi connectivity index (χ2n) is 10.6. The van der Waals surface area contributed by atoms with Gasteiger partial charge in [0.2, 0.25) is 0 Å². The van der Waals surface area contributed by atoms with Gasteiger partial charge in [-0.3, -0.25) is 0 Å². The van der Waals surface area contributed by atoms with Crippen molar-refractivity contribution < 1.29 is 0 Å². The standard InChI is InChI=1S/C25H44/c1-19-18-22(14-10-12-16-24(4,5)6)23(21(3)20(19)2)15-11-13-17-25(7,8)9/h18H,10-17H2,1-9H3. The number of benzene rings is 1. The summed E-state index contributed by atoms with van der Waals surface area (Å²) < 4.78 is 0. The summed E-state index contributed by atoms with van der Waals surface area (Å²) in [5.41, 5.74) is 8.76. The molecule has 1 rings (SSSR count). The van der Waals surface area contributed by atoms with Gasteiger partial charge in [0, 0.05) is 0 Å². The molecule has 0 spiro atoms. The third-order valence-corrected chi connectivity index (χ3v) is 5.61. The first kappa shape index (κ1) is 22.3. The number of unbranched alkanes of at least 4 members (excludes halogenated alkanes) is 2. The highest BCUT2D eigenvalue weighted by Crippen LogP contribution is 2.28. The lowest BCUT2D eigenvalue weighted by atomic mass is 9.85. The quantitative estimate of drug-likeness (QED) is 0.417. The summed E-state index contributed by atoms with van der Waals surface area (Å²) in [6.07, 6.45) is 10.5. The Morgan fingerprint density at radius 1 is 0.640 bits per heavy atom. The maximum atomic E-state index is 2.48. The smallest absolute Gasteiger partial charge is 0.0273 e. The fraction of sp³-hybridized carbons (Fsp3) is 0.760. The summed E-state index contributed by atoms with van der Waals surface area (Å²) in [6, 6.07) is 2.48. The molecular formula is C25H44. The van der Waals surface area contributed by atoms with E-state index in [-0.39, 0.29) is 0 Å². The molecular weight excluding hydrogens is 300 g/mol. The van der Waals surface area contributed by atoms with Crippen LogP contribution in [0.4, 0.5) is 0 Å². The van der Waals surface area contributed by atoms with Gasteiger partial charge in [0.15, 0.2) is 0 Å². The molecule has 0 aliphatic heterocycles. The Hall–Kier alpha value is -0.780. The van der Waals surface area contributed by atoms with Crippen molar-refractivity contribution in [3.8, 4) is 0 Å². The Balaban J connectivity index is 2.74. The predicted molar refractivity (Wildman–Crippen MR) is 115 cm³/mol. The molecule has 0 N–H and O–H groups in total. The molecule has 1 aromatic rings. The lowest BCUT2D eigenvalue weighted by molar-refractivity contribution is 0.359. The monoisotopic (exact) mass is 344 g/mol. The zero-order chi connectivity index (χ0) is 19.3. The lowest BCUT2D eigenvalue weighted by Gasteiger charge is -2.21. The first-order valence-corrected chi connectivity index (χ1v) is 10.5. The second-order valence-corrected chi connectivity index (χ2v) is 10.6. The van der Waals surface area contributed by atoms with E-state index < -0.39 is 0 Å². The van der Waals surface area contributed by atoms with Crippen molar-refractivity contribution >= 4 is 0 Å². The van der Waals surface area contributed by atoms with Crippen LogP contribution in [0.3, 0.4) is 0 Å². The summed E-state index contributed by atoms with van der Waals surface area (Å²) in [5.74, 6) is 0. The molecule has 0 radical (unpaired) electrons. The maximum absolute atomic E-state index is 2.48. The zero-order valence-corrected chi connectivity index (χ0v) is 18.7. The van der Waals surface area contributed by atoms with Crippen LogP contribution in [0.5, 0.6) is 0 Å². The van der Waals surface area contributed by atoms with Crippen molar-refractivity contribution in [1.82, 2.24) is 0 Å². The molecule has 144 valence electrons. The third kappa shape index (κ3) is 8.43. The third-order valence-electron chi connectivity index (χ3n) is 5.61. The molecule has 0 saturated heterocycles. The van der Waals surface area contributed by atoms with Crippen molar-refractivity contribution in [1.29, 1.82) is 0 Å². The first-order valence-electron chi connectivity index (χ1n) is 10.5. The Bertz CT molecular complexity index is 535. The summed E-state index contributed by atoms with van der Waals surface area (Å²) in [5, 5.41) is 0. The number of hydrogen-bond acceptors (Lipinski definition) is 0. The van der Waals surface area contributed by atoms with Crippen LogP contribution in [0.2, 0.25) is 0 Å². The van der Waals surface area contributed by atoms with Gasteiger partial charge in [0.1, 0.15) is 0 Å². The van der Waals surface area contributed by atoms with E-state index in [1.165, 1.54) is 62.5 Å². The van der Waals surface area contributed by atoms with Crippen LogP contribution in [0.1, 0.15) is 108 Å². The topological polar surface area (TPSA) is 0 Å². The van der Waals surface area contributed by atoms with E-state index in [2.05, 4.69) is 68.4 Å². The average Bonchev–Trinajstić information content (AvgIpc) is 2.46. The van der Waals surface area contributed by atoms with Gasteiger partial charge in [-0.15, -0.1) is 0 Å². The first-order chi connectivity index (χ1) is 11.4. The minimum absolute atomic E-state index is 0.466. The van der Waals surface area contributed by atoms with Gasteiger partial charge in [-0.25, -0.2) is 0 Å². The number of rotatable bonds is 8. The lowest BCUT2D eigenvalue weighted by Crippen LogP contribution is -2.07. The van der Waals surface area contributed by atoms with Crippen LogP contribution >= 0.6 is 0 Å². The van der Waals surface area contributed by atoms with Gasteiger partial charge >= 0.3 is 0 Å². The highest BCUT2D eigenvalue weighted by atomic mass is 14.2. The summed E-state index contributed by atoms with van der Waals surface area (Å²) in [6.45, 7) is 21.1. The van der Waals surface area contributed by atoms with Gasteiger partial charge in [-0.1, -0.05) is 60.5 Å². The van der Waals surface area contributed by atoms with Gasteiger partial charge in [-0.05, 0) is 97.9 Å². The van der Waals surface area contributed by atoms with E-state index in [0.717, 1.165) is 0 Å². The summed E-state index contributed by atoms with van der Waals surface area (Å²) in [4.78, 5) is 0. The van der Waals surface area contributed by atoms with Crippen molar-refractivity contribution in [2.24, 2.45) is 10.8 Å². The summed E-state index contributed by atoms with van der Waals surface area (Å²) in [7, 11) is 0. The number of aryl methyl sites for hydroxylation is 2.